The summed E-state index contributed by atoms with van der Waals surface area (Å²) in [7, 11) is 0. The van der Waals surface area contributed by atoms with E-state index in [0.717, 1.165) is 25.9 Å². The van der Waals surface area contributed by atoms with Gasteiger partial charge in [0, 0.05) is 44.0 Å². The molecule has 1 aromatic carbocycles. The van der Waals surface area contributed by atoms with E-state index >= 15 is 0 Å². The zero-order valence-corrected chi connectivity index (χ0v) is 14.7. The number of benzene rings is 1. The van der Waals surface area contributed by atoms with E-state index in [1.165, 1.54) is 12.4 Å². The largest absolute Gasteiger partial charge is 0.347 e. The Labute approximate surface area is 156 Å². The van der Waals surface area contributed by atoms with Gasteiger partial charge in [0.25, 0.3) is 5.91 Å². The van der Waals surface area contributed by atoms with Crippen molar-refractivity contribution in [2.45, 2.75) is 18.6 Å². The molecule has 0 unspecified atom stereocenters. The van der Waals surface area contributed by atoms with Gasteiger partial charge in [0.1, 0.15) is 0 Å². The average molecular weight is 365 g/mol. The van der Waals surface area contributed by atoms with Crippen LogP contribution in [-0.2, 0) is 9.47 Å². The predicted molar refractivity (Wildman–Crippen MR) is 97.2 cm³/mol. The lowest BCUT2D eigenvalue weighted by Gasteiger charge is -2.37. The minimum absolute atomic E-state index is 0.318. The van der Waals surface area contributed by atoms with Crippen molar-refractivity contribution in [3.63, 3.8) is 0 Å². The van der Waals surface area contributed by atoms with Gasteiger partial charge in [-0.3, -0.25) is 4.79 Å². The number of nitriles is 1. The van der Waals surface area contributed by atoms with Crippen LogP contribution in [0.1, 0.15) is 28.8 Å². The first-order valence-corrected chi connectivity index (χ1v) is 8.84. The Morgan fingerprint density at radius 1 is 1.19 bits per heavy atom. The van der Waals surface area contributed by atoms with Crippen LogP contribution in [0.2, 0.25) is 0 Å². The highest BCUT2D eigenvalue weighted by Gasteiger charge is 2.40. The van der Waals surface area contributed by atoms with Gasteiger partial charge in [-0.2, -0.15) is 5.26 Å². The lowest BCUT2D eigenvalue weighted by Crippen LogP contribution is -2.45. The molecular formula is C19H19N5O3. The summed E-state index contributed by atoms with van der Waals surface area (Å²) in [6, 6.07) is 8.78. The summed E-state index contributed by atoms with van der Waals surface area (Å²) in [5, 5.41) is 11.7. The summed E-state index contributed by atoms with van der Waals surface area (Å²) >= 11 is 0. The minimum Gasteiger partial charge on any atom is -0.347 e. The molecule has 8 nitrogen and oxygen atoms in total. The smallest absolute Gasteiger partial charge is 0.258 e. The van der Waals surface area contributed by atoms with Crippen molar-refractivity contribution >= 4 is 17.5 Å². The van der Waals surface area contributed by atoms with Crippen LogP contribution in [-0.4, -0.2) is 48.0 Å². The Hall–Kier alpha value is -3.02. The summed E-state index contributed by atoms with van der Waals surface area (Å²) in [5.74, 6) is -0.165. The first kappa shape index (κ1) is 17.4. The van der Waals surface area contributed by atoms with E-state index in [1.807, 2.05) is 6.07 Å². The highest BCUT2D eigenvalue weighted by molar-refractivity contribution is 6.03. The first-order chi connectivity index (χ1) is 13.2. The average Bonchev–Trinajstić information content (AvgIpc) is 3.17. The van der Waals surface area contributed by atoms with Gasteiger partial charge >= 0.3 is 0 Å². The van der Waals surface area contributed by atoms with Gasteiger partial charge in [-0.1, -0.05) is 6.07 Å². The first-order valence-electron chi connectivity index (χ1n) is 8.84. The van der Waals surface area contributed by atoms with E-state index in [1.54, 1.807) is 24.3 Å². The molecule has 0 bridgehead atoms. The van der Waals surface area contributed by atoms with Crippen molar-refractivity contribution in [2.24, 2.45) is 0 Å². The van der Waals surface area contributed by atoms with E-state index in [-0.39, 0.29) is 5.91 Å². The van der Waals surface area contributed by atoms with Gasteiger partial charge in [-0.05, 0) is 18.2 Å². The molecule has 138 valence electrons. The molecule has 2 saturated heterocycles. The van der Waals surface area contributed by atoms with Crippen LogP contribution in [0.25, 0.3) is 0 Å². The summed E-state index contributed by atoms with van der Waals surface area (Å²) in [4.78, 5) is 23.1. The number of piperidine rings is 1. The van der Waals surface area contributed by atoms with Gasteiger partial charge in [0.2, 0.25) is 5.95 Å². The molecule has 2 fully saturated rings. The van der Waals surface area contributed by atoms with Crippen LogP contribution in [0.5, 0.6) is 0 Å². The lowest BCUT2D eigenvalue weighted by molar-refractivity contribution is -0.169. The minimum atomic E-state index is -0.436. The fraction of sp³-hybridized carbons (Fsp3) is 0.368. The Balaban J connectivity index is 1.38. The van der Waals surface area contributed by atoms with Crippen molar-refractivity contribution in [1.82, 2.24) is 9.97 Å². The number of rotatable bonds is 3. The molecule has 0 radical (unpaired) electrons. The fourth-order valence-corrected chi connectivity index (χ4v) is 3.30. The van der Waals surface area contributed by atoms with Crippen molar-refractivity contribution < 1.29 is 14.3 Å². The maximum atomic E-state index is 12.4. The van der Waals surface area contributed by atoms with Gasteiger partial charge < -0.3 is 19.7 Å². The molecule has 2 aliphatic rings. The number of nitrogens with one attached hydrogen (secondary N) is 1. The van der Waals surface area contributed by atoms with Gasteiger partial charge in [-0.15, -0.1) is 0 Å². The number of amides is 1. The third-order valence-electron chi connectivity index (χ3n) is 4.77. The molecule has 27 heavy (non-hydrogen) atoms. The van der Waals surface area contributed by atoms with Crippen LogP contribution in [0.4, 0.5) is 11.6 Å². The van der Waals surface area contributed by atoms with Crippen LogP contribution >= 0.6 is 0 Å². The normalized spacial score (nSPS) is 18.3. The summed E-state index contributed by atoms with van der Waals surface area (Å²) in [6.45, 7) is 2.79. The summed E-state index contributed by atoms with van der Waals surface area (Å²) in [6.07, 6.45) is 4.57. The molecular weight excluding hydrogens is 346 g/mol. The SMILES string of the molecule is N#Cc1cccc(NC(=O)c2cnc(N3CCC4(CC3)OCCO4)nc2)c1. The molecule has 1 N–H and O–H groups in total. The number of aromatic nitrogens is 2. The molecule has 2 aliphatic heterocycles. The highest BCUT2D eigenvalue weighted by atomic mass is 16.7. The summed E-state index contributed by atoms with van der Waals surface area (Å²) in [5.41, 5.74) is 1.40. The van der Waals surface area contributed by atoms with E-state index in [4.69, 9.17) is 14.7 Å². The van der Waals surface area contributed by atoms with Crippen molar-refractivity contribution in [3.8, 4) is 6.07 Å². The molecule has 4 rings (SSSR count). The van der Waals surface area contributed by atoms with Crippen LogP contribution in [0.15, 0.2) is 36.7 Å². The number of anilines is 2. The molecule has 2 aromatic rings. The van der Waals surface area contributed by atoms with Gasteiger partial charge in [0.05, 0.1) is 30.4 Å². The quantitative estimate of drug-likeness (QED) is 0.887. The number of nitrogens with zero attached hydrogens (tertiary/aromatic N) is 4. The van der Waals surface area contributed by atoms with E-state index in [9.17, 15) is 4.79 Å². The van der Waals surface area contributed by atoms with Gasteiger partial charge in [0.15, 0.2) is 5.79 Å². The molecule has 8 heteroatoms. The van der Waals surface area contributed by atoms with Crippen molar-refractivity contribution in [1.29, 1.82) is 5.26 Å². The van der Waals surface area contributed by atoms with Crippen LogP contribution < -0.4 is 10.2 Å². The zero-order valence-electron chi connectivity index (χ0n) is 14.7. The highest BCUT2D eigenvalue weighted by Crippen LogP contribution is 2.32. The third-order valence-corrected chi connectivity index (χ3v) is 4.77. The monoisotopic (exact) mass is 365 g/mol. The van der Waals surface area contributed by atoms with Crippen molar-refractivity contribution in [3.05, 3.63) is 47.8 Å². The van der Waals surface area contributed by atoms with E-state index in [0.29, 0.717) is 36.0 Å². The van der Waals surface area contributed by atoms with E-state index < -0.39 is 5.79 Å². The second-order valence-corrected chi connectivity index (χ2v) is 6.51. The van der Waals surface area contributed by atoms with E-state index in [2.05, 4.69) is 20.2 Å². The number of hydrogen-bond acceptors (Lipinski definition) is 7. The molecule has 1 aromatic heterocycles. The number of carbonyl (C=O) groups is 1. The maximum Gasteiger partial charge on any atom is 0.258 e. The third kappa shape index (κ3) is 3.74. The van der Waals surface area contributed by atoms with Crippen molar-refractivity contribution in [2.75, 3.05) is 36.5 Å². The maximum absolute atomic E-state index is 12.4. The molecule has 0 atom stereocenters. The standard InChI is InChI=1S/C19H19N5O3/c20-11-14-2-1-3-16(10-14)23-17(25)15-12-21-18(22-13-15)24-6-4-19(5-7-24)26-8-9-27-19/h1-3,10,12-13H,4-9H2,(H,23,25). The van der Waals surface area contributed by atoms with Crippen LogP contribution in [0, 0.1) is 11.3 Å². The molecule has 1 spiro atoms. The number of carbonyl (C=O) groups excluding carboxylic acids is 1. The van der Waals surface area contributed by atoms with Gasteiger partial charge in [-0.25, -0.2) is 9.97 Å². The second-order valence-electron chi connectivity index (χ2n) is 6.51. The fourth-order valence-electron chi connectivity index (χ4n) is 3.30. The topological polar surface area (TPSA) is 100 Å². The Morgan fingerprint density at radius 2 is 1.89 bits per heavy atom. The Morgan fingerprint density at radius 3 is 2.56 bits per heavy atom. The lowest BCUT2D eigenvalue weighted by atomic mass is 10.0. The molecule has 0 aliphatic carbocycles. The summed E-state index contributed by atoms with van der Waals surface area (Å²) < 4.78 is 11.5. The van der Waals surface area contributed by atoms with Crippen LogP contribution in [0.3, 0.4) is 0 Å². The number of ether oxygens (including phenoxy) is 2. The predicted octanol–water partition coefficient (Wildman–Crippen LogP) is 1.94. The molecule has 1 amide bonds. The Bertz CT molecular complexity index is 862. The Kier molecular flexibility index (Phi) is 4.71. The second kappa shape index (κ2) is 7.31. The number of hydrogen-bond donors (Lipinski definition) is 1. The molecule has 3 heterocycles. The molecule has 0 saturated carbocycles. The zero-order chi connectivity index (χ0) is 18.7.